The van der Waals surface area contributed by atoms with Crippen molar-refractivity contribution in [2.45, 2.75) is 38.1 Å². The van der Waals surface area contributed by atoms with Gasteiger partial charge in [0.1, 0.15) is 11.5 Å². The number of anilines is 3. The van der Waals surface area contributed by atoms with Gasteiger partial charge in [-0.3, -0.25) is 9.98 Å². The fraction of sp³-hybridized carbons (Fsp3) is 0.333. The number of fused-ring (bicyclic) bond motifs is 1. The predicted molar refractivity (Wildman–Crippen MR) is 129 cm³/mol. The first-order chi connectivity index (χ1) is 16.6. The van der Waals surface area contributed by atoms with E-state index >= 15 is 0 Å². The van der Waals surface area contributed by atoms with E-state index in [0.29, 0.717) is 28.2 Å². The van der Waals surface area contributed by atoms with Crippen LogP contribution in [0.1, 0.15) is 37.8 Å². The van der Waals surface area contributed by atoms with Gasteiger partial charge in [-0.2, -0.15) is 9.61 Å². The third-order valence-corrected chi connectivity index (χ3v) is 6.24. The molecule has 2 fully saturated rings. The molecule has 0 bridgehead atoms. The van der Waals surface area contributed by atoms with E-state index in [0.717, 1.165) is 31.6 Å². The van der Waals surface area contributed by atoms with Crippen molar-refractivity contribution >= 4 is 28.9 Å². The minimum Gasteiger partial charge on any atom is -0.493 e. The van der Waals surface area contributed by atoms with Gasteiger partial charge in [0.15, 0.2) is 11.1 Å². The summed E-state index contributed by atoms with van der Waals surface area (Å²) in [5.74, 6) is 0.426. The molecule has 1 saturated carbocycles. The summed E-state index contributed by atoms with van der Waals surface area (Å²) in [4.78, 5) is 28.4. The van der Waals surface area contributed by atoms with Gasteiger partial charge in [0.2, 0.25) is 5.88 Å². The van der Waals surface area contributed by atoms with Crippen LogP contribution in [0, 0.1) is 0 Å². The van der Waals surface area contributed by atoms with Crippen molar-refractivity contribution in [1.82, 2.24) is 24.6 Å². The Morgan fingerprint density at radius 2 is 1.91 bits per heavy atom. The number of nitrogens with one attached hydrogen (secondary N) is 3. The molecule has 10 nitrogen and oxygen atoms in total. The maximum absolute atomic E-state index is 11.5. The monoisotopic (exact) mass is 458 g/mol. The second-order valence-electron chi connectivity index (χ2n) is 8.90. The quantitative estimate of drug-likeness (QED) is 0.361. The standard InChI is InChI=1S/C24H26N8O2/c33-23-19(28-24(34)30-23)12-15-14-25-32-21(27-17-4-5-17)13-20(29-22(15)32)26-16-6-8-18(9-7-16)31-10-2-1-3-11-31/h6-9,12-14,17,26,33H,1-5,10-11H2,(H2,28,30,34)/b15-12+,27-21?. The molecule has 0 unspecified atom stereocenters. The van der Waals surface area contributed by atoms with Crippen LogP contribution in [-0.2, 0) is 0 Å². The smallest absolute Gasteiger partial charge is 0.326 e. The number of hydrogen-bond acceptors (Lipinski definition) is 7. The number of imidazole rings is 1. The van der Waals surface area contributed by atoms with E-state index < -0.39 is 5.69 Å². The summed E-state index contributed by atoms with van der Waals surface area (Å²) in [6, 6.07) is 10.6. The summed E-state index contributed by atoms with van der Waals surface area (Å²) in [5, 5.41) is 18.5. The van der Waals surface area contributed by atoms with E-state index in [4.69, 9.17) is 9.98 Å². The van der Waals surface area contributed by atoms with Gasteiger partial charge in [-0.15, -0.1) is 0 Å². The molecule has 10 heteroatoms. The molecule has 3 aromatic heterocycles. The summed E-state index contributed by atoms with van der Waals surface area (Å²) >= 11 is 0. The molecule has 1 saturated heterocycles. The summed E-state index contributed by atoms with van der Waals surface area (Å²) in [5.41, 5.74) is 3.27. The zero-order valence-corrected chi connectivity index (χ0v) is 18.7. The van der Waals surface area contributed by atoms with Crippen LogP contribution >= 0.6 is 0 Å². The fourth-order valence-electron chi connectivity index (χ4n) is 4.32. The van der Waals surface area contributed by atoms with Gasteiger partial charge in [-0.25, -0.2) is 9.78 Å². The molecule has 34 heavy (non-hydrogen) atoms. The Morgan fingerprint density at radius 1 is 1.12 bits per heavy atom. The first-order valence-corrected chi connectivity index (χ1v) is 11.7. The molecule has 0 amide bonds. The summed E-state index contributed by atoms with van der Waals surface area (Å²) in [6.45, 7) is 2.22. The van der Waals surface area contributed by atoms with E-state index in [1.54, 1.807) is 16.8 Å². The number of nitrogens with zero attached hydrogens (tertiary/aromatic N) is 5. The van der Waals surface area contributed by atoms with Gasteiger partial charge in [0.05, 0.1) is 12.2 Å². The van der Waals surface area contributed by atoms with Gasteiger partial charge in [-0.05, 0) is 62.4 Å². The van der Waals surface area contributed by atoms with Crippen molar-refractivity contribution in [2.24, 2.45) is 4.99 Å². The average Bonchev–Trinajstić information content (AvgIpc) is 3.48. The highest BCUT2D eigenvalue weighted by molar-refractivity contribution is 5.63. The lowest BCUT2D eigenvalue weighted by atomic mass is 10.1. The van der Waals surface area contributed by atoms with E-state index in [9.17, 15) is 9.90 Å². The fourth-order valence-corrected chi connectivity index (χ4v) is 4.32. The Hall–Kier alpha value is -4.08. The molecule has 0 spiro atoms. The number of H-pyrrole nitrogens is 2. The van der Waals surface area contributed by atoms with Crippen molar-refractivity contribution in [3.05, 3.63) is 63.4 Å². The molecule has 0 radical (unpaired) electrons. The van der Waals surface area contributed by atoms with Crippen molar-refractivity contribution in [3.8, 4) is 5.88 Å². The number of piperidine rings is 1. The second-order valence-corrected chi connectivity index (χ2v) is 8.90. The molecule has 4 heterocycles. The molecule has 1 aliphatic carbocycles. The molecular weight excluding hydrogens is 432 g/mol. The van der Waals surface area contributed by atoms with Gasteiger partial charge in [0, 0.05) is 35.7 Å². The van der Waals surface area contributed by atoms with Crippen LogP contribution in [0.3, 0.4) is 0 Å². The highest BCUT2D eigenvalue weighted by Crippen LogP contribution is 2.24. The molecule has 4 N–H and O–H groups in total. The summed E-state index contributed by atoms with van der Waals surface area (Å²) < 4.78 is 1.69. The number of aromatic hydroxyl groups is 1. The average molecular weight is 459 g/mol. The summed E-state index contributed by atoms with van der Waals surface area (Å²) in [6.07, 6.45) is 9.24. The molecule has 0 atom stereocenters. The molecule has 174 valence electrons. The Morgan fingerprint density at radius 3 is 2.62 bits per heavy atom. The van der Waals surface area contributed by atoms with Crippen LogP contribution in [0.4, 0.5) is 17.2 Å². The molecule has 6 rings (SSSR count). The van der Waals surface area contributed by atoms with Gasteiger partial charge >= 0.3 is 5.69 Å². The van der Waals surface area contributed by atoms with Crippen LogP contribution in [-0.4, -0.2) is 48.8 Å². The minimum absolute atomic E-state index is 0.227. The van der Waals surface area contributed by atoms with E-state index in [-0.39, 0.29) is 11.6 Å². The zero-order valence-electron chi connectivity index (χ0n) is 18.7. The van der Waals surface area contributed by atoms with Gasteiger partial charge < -0.3 is 20.3 Å². The maximum atomic E-state index is 11.5. The molecule has 1 aliphatic heterocycles. The third kappa shape index (κ3) is 4.14. The number of aromatic amines is 2. The SMILES string of the molecule is O=c1[nH]c(O)c(/C=c2\cnn3c(=NC4CC4)cc(Nc4ccc(N5CCCCC5)cc4)nc23)[nH]1. The molecule has 1 aromatic carbocycles. The Labute approximate surface area is 194 Å². The lowest BCUT2D eigenvalue weighted by Crippen LogP contribution is -2.29. The van der Waals surface area contributed by atoms with Gasteiger partial charge in [0.25, 0.3) is 0 Å². The third-order valence-electron chi connectivity index (χ3n) is 6.24. The van der Waals surface area contributed by atoms with Crippen molar-refractivity contribution < 1.29 is 5.11 Å². The highest BCUT2D eigenvalue weighted by atomic mass is 16.3. The predicted octanol–water partition coefficient (Wildman–Crippen LogP) is 1.80. The molecule has 4 aromatic rings. The van der Waals surface area contributed by atoms with Crippen LogP contribution in [0.25, 0.3) is 11.7 Å². The summed E-state index contributed by atoms with van der Waals surface area (Å²) in [7, 11) is 0. The molecular formula is C24H26N8O2. The lowest BCUT2D eigenvalue weighted by Gasteiger charge is -2.28. The van der Waals surface area contributed by atoms with Crippen LogP contribution in [0.5, 0.6) is 5.88 Å². The largest absolute Gasteiger partial charge is 0.493 e. The Bertz CT molecular complexity index is 1510. The maximum Gasteiger partial charge on any atom is 0.326 e. The first-order valence-electron chi connectivity index (χ1n) is 11.7. The van der Waals surface area contributed by atoms with Crippen molar-refractivity contribution in [1.29, 1.82) is 0 Å². The highest BCUT2D eigenvalue weighted by Gasteiger charge is 2.20. The van der Waals surface area contributed by atoms with Gasteiger partial charge in [-0.1, -0.05) is 0 Å². The minimum atomic E-state index is -0.479. The van der Waals surface area contributed by atoms with E-state index in [1.165, 1.54) is 24.9 Å². The zero-order chi connectivity index (χ0) is 23.1. The van der Waals surface area contributed by atoms with Crippen LogP contribution in [0.15, 0.2) is 46.3 Å². The van der Waals surface area contributed by atoms with E-state index in [1.807, 2.05) is 6.07 Å². The second kappa shape index (κ2) is 8.36. The Balaban J connectivity index is 1.37. The van der Waals surface area contributed by atoms with Crippen LogP contribution in [0.2, 0.25) is 0 Å². The van der Waals surface area contributed by atoms with E-state index in [2.05, 4.69) is 49.5 Å². The van der Waals surface area contributed by atoms with Crippen molar-refractivity contribution in [2.75, 3.05) is 23.3 Å². The topological polar surface area (TPSA) is 127 Å². The normalized spacial score (nSPS) is 17.6. The first kappa shape index (κ1) is 20.5. The lowest BCUT2D eigenvalue weighted by molar-refractivity contribution is 0.454. The number of benzene rings is 1. The van der Waals surface area contributed by atoms with Crippen molar-refractivity contribution in [3.63, 3.8) is 0 Å². The number of aromatic nitrogens is 5. The Kier molecular flexibility index (Phi) is 5.05. The molecule has 2 aliphatic rings. The number of hydrogen-bond donors (Lipinski definition) is 4. The number of rotatable bonds is 5. The van der Waals surface area contributed by atoms with Crippen LogP contribution < -0.4 is 26.6 Å².